The summed E-state index contributed by atoms with van der Waals surface area (Å²) in [4.78, 5) is 30.8. The van der Waals surface area contributed by atoms with Gasteiger partial charge in [-0.25, -0.2) is 15.0 Å². The maximum atomic E-state index is 12.0. The monoisotopic (exact) mass is 424 g/mol. The van der Waals surface area contributed by atoms with Gasteiger partial charge in [0.2, 0.25) is 0 Å². The first-order valence-electron chi connectivity index (χ1n) is 10.4. The highest BCUT2D eigenvalue weighted by atomic mass is 32.1. The highest BCUT2D eigenvalue weighted by molar-refractivity contribution is 7.09. The quantitative estimate of drug-likeness (QED) is 0.629. The van der Waals surface area contributed by atoms with E-state index >= 15 is 0 Å². The Morgan fingerprint density at radius 3 is 2.63 bits per heavy atom. The fraction of sp³-hybridized carbons (Fsp3) is 0.455. The lowest BCUT2D eigenvalue weighted by molar-refractivity contribution is 0.181. The number of piperidine rings is 1. The number of rotatable bonds is 6. The van der Waals surface area contributed by atoms with Gasteiger partial charge < -0.3 is 10.3 Å². The third-order valence-electron chi connectivity index (χ3n) is 5.76. The molecule has 1 saturated heterocycles. The van der Waals surface area contributed by atoms with Crippen LogP contribution in [0.2, 0.25) is 0 Å². The number of thiazole rings is 1. The van der Waals surface area contributed by atoms with E-state index in [4.69, 9.17) is 0 Å². The zero-order chi connectivity index (χ0) is 21.1. The average molecular weight is 425 g/mol. The molecule has 1 fully saturated rings. The van der Waals surface area contributed by atoms with Crippen LogP contribution >= 0.6 is 11.3 Å². The minimum Gasteiger partial charge on any atom is -0.370 e. The van der Waals surface area contributed by atoms with Crippen LogP contribution in [0.4, 0.5) is 5.82 Å². The molecular formula is C22H28N6OS. The van der Waals surface area contributed by atoms with Gasteiger partial charge in [0.25, 0.3) is 5.56 Å². The average Bonchev–Trinajstić information content (AvgIpc) is 3.16. The van der Waals surface area contributed by atoms with E-state index in [1.165, 1.54) is 18.5 Å². The summed E-state index contributed by atoms with van der Waals surface area (Å²) >= 11 is 1.72. The van der Waals surface area contributed by atoms with Crippen molar-refractivity contribution in [1.29, 1.82) is 0 Å². The maximum absolute atomic E-state index is 12.0. The Labute approximate surface area is 180 Å². The number of aromatic nitrogens is 4. The van der Waals surface area contributed by atoms with Crippen LogP contribution in [0.5, 0.6) is 0 Å². The third kappa shape index (κ3) is 4.94. The molecule has 0 aliphatic carbocycles. The summed E-state index contributed by atoms with van der Waals surface area (Å²) in [6.45, 7) is 9.80. The topological polar surface area (TPSA) is 86.8 Å². The predicted octanol–water partition coefficient (Wildman–Crippen LogP) is 3.54. The molecule has 0 radical (unpaired) electrons. The van der Waals surface area contributed by atoms with Gasteiger partial charge in [-0.3, -0.25) is 9.69 Å². The summed E-state index contributed by atoms with van der Waals surface area (Å²) in [7, 11) is 0. The Morgan fingerprint density at radius 2 is 2.00 bits per heavy atom. The fourth-order valence-corrected chi connectivity index (χ4v) is 4.33. The van der Waals surface area contributed by atoms with Crippen molar-refractivity contribution in [3.05, 3.63) is 56.0 Å². The minimum atomic E-state index is -0.101. The molecule has 3 aromatic rings. The van der Waals surface area contributed by atoms with Gasteiger partial charge in [0.1, 0.15) is 11.6 Å². The van der Waals surface area contributed by atoms with Crippen molar-refractivity contribution in [2.24, 2.45) is 5.92 Å². The second-order valence-electron chi connectivity index (χ2n) is 8.02. The van der Waals surface area contributed by atoms with E-state index in [1.807, 2.05) is 19.1 Å². The van der Waals surface area contributed by atoms with Crippen LogP contribution in [0.25, 0.3) is 11.4 Å². The van der Waals surface area contributed by atoms with Crippen molar-refractivity contribution in [2.45, 2.75) is 40.2 Å². The number of H-pyrrole nitrogens is 1. The van der Waals surface area contributed by atoms with Gasteiger partial charge >= 0.3 is 0 Å². The van der Waals surface area contributed by atoms with Gasteiger partial charge in [0.05, 0.1) is 10.7 Å². The standard InChI is InChI=1S/C22H28N6OS/c1-14-15(2)25-21(27-22(14)29)18-4-5-20(24-11-18)23-10-17-6-8-28(9-7-17)12-19-13-30-16(3)26-19/h4-5,11,13,17H,6-10,12H2,1-3H3,(H,23,24)(H,25,27,29). The number of likely N-dealkylation sites (tertiary alicyclic amines) is 1. The van der Waals surface area contributed by atoms with Crippen LogP contribution in [0.3, 0.4) is 0 Å². The van der Waals surface area contributed by atoms with E-state index in [1.54, 1.807) is 24.5 Å². The molecule has 158 valence electrons. The molecule has 30 heavy (non-hydrogen) atoms. The Kier molecular flexibility index (Phi) is 6.24. The first-order valence-corrected chi connectivity index (χ1v) is 11.3. The SMILES string of the molecule is Cc1nc(CN2CCC(CNc3ccc(-c4nc(C)c(C)c(=O)[nH]4)cn3)CC2)cs1. The fourth-order valence-electron chi connectivity index (χ4n) is 3.73. The van der Waals surface area contributed by atoms with E-state index in [-0.39, 0.29) is 5.56 Å². The highest BCUT2D eigenvalue weighted by Crippen LogP contribution is 2.21. The zero-order valence-electron chi connectivity index (χ0n) is 17.7. The van der Waals surface area contributed by atoms with Gasteiger partial charge in [-0.05, 0) is 64.8 Å². The Balaban J connectivity index is 1.27. The molecule has 7 nitrogen and oxygen atoms in total. The van der Waals surface area contributed by atoms with Crippen LogP contribution in [0.15, 0.2) is 28.5 Å². The zero-order valence-corrected chi connectivity index (χ0v) is 18.6. The van der Waals surface area contributed by atoms with Crippen LogP contribution in [-0.4, -0.2) is 44.5 Å². The van der Waals surface area contributed by atoms with Crippen molar-refractivity contribution in [2.75, 3.05) is 25.0 Å². The normalized spacial score (nSPS) is 15.4. The molecular weight excluding hydrogens is 396 g/mol. The Hall–Kier alpha value is -2.58. The summed E-state index contributed by atoms with van der Waals surface area (Å²) < 4.78 is 0. The number of hydrogen-bond donors (Lipinski definition) is 2. The van der Waals surface area contributed by atoms with Crippen molar-refractivity contribution >= 4 is 17.2 Å². The van der Waals surface area contributed by atoms with Crippen molar-refractivity contribution < 1.29 is 0 Å². The molecule has 0 spiro atoms. The molecule has 2 N–H and O–H groups in total. The number of nitrogens with zero attached hydrogens (tertiary/aromatic N) is 4. The van der Waals surface area contributed by atoms with Gasteiger partial charge in [-0.15, -0.1) is 11.3 Å². The number of hydrogen-bond acceptors (Lipinski definition) is 7. The summed E-state index contributed by atoms with van der Waals surface area (Å²) in [5.74, 6) is 2.06. The Morgan fingerprint density at radius 1 is 1.20 bits per heavy atom. The number of anilines is 1. The Bertz CT molecular complexity index is 1050. The summed E-state index contributed by atoms with van der Waals surface area (Å²) in [5.41, 5.74) is 3.30. The number of pyridine rings is 1. The van der Waals surface area contributed by atoms with Gasteiger partial charge in [0.15, 0.2) is 0 Å². The van der Waals surface area contributed by atoms with E-state index < -0.39 is 0 Å². The number of nitrogens with one attached hydrogen (secondary N) is 2. The minimum absolute atomic E-state index is 0.101. The molecule has 4 heterocycles. The van der Waals surface area contributed by atoms with Gasteiger partial charge in [-0.2, -0.15) is 0 Å². The molecule has 0 saturated carbocycles. The largest absolute Gasteiger partial charge is 0.370 e. The number of aromatic amines is 1. The lowest BCUT2D eigenvalue weighted by Gasteiger charge is -2.31. The van der Waals surface area contributed by atoms with Crippen molar-refractivity contribution in [3.63, 3.8) is 0 Å². The maximum Gasteiger partial charge on any atom is 0.254 e. The summed E-state index contributed by atoms with van der Waals surface area (Å²) in [6.07, 6.45) is 4.12. The van der Waals surface area contributed by atoms with E-state index in [9.17, 15) is 4.79 Å². The van der Waals surface area contributed by atoms with Crippen LogP contribution in [0, 0.1) is 26.7 Å². The van der Waals surface area contributed by atoms with E-state index in [0.717, 1.165) is 48.3 Å². The molecule has 0 atom stereocenters. The van der Waals surface area contributed by atoms with Crippen LogP contribution in [-0.2, 0) is 6.54 Å². The second kappa shape index (κ2) is 9.06. The van der Waals surface area contributed by atoms with Crippen LogP contribution < -0.4 is 10.9 Å². The van der Waals surface area contributed by atoms with Gasteiger partial charge in [-0.1, -0.05) is 0 Å². The summed E-state index contributed by atoms with van der Waals surface area (Å²) in [6, 6.07) is 3.89. The molecule has 0 aromatic carbocycles. The van der Waals surface area contributed by atoms with Crippen molar-refractivity contribution in [3.8, 4) is 11.4 Å². The molecule has 0 unspecified atom stereocenters. The molecule has 1 aliphatic rings. The second-order valence-corrected chi connectivity index (χ2v) is 9.08. The lowest BCUT2D eigenvalue weighted by Crippen LogP contribution is -2.35. The molecule has 3 aromatic heterocycles. The van der Waals surface area contributed by atoms with E-state index in [2.05, 4.69) is 42.5 Å². The van der Waals surface area contributed by atoms with Crippen molar-refractivity contribution in [1.82, 2.24) is 24.8 Å². The smallest absolute Gasteiger partial charge is 0.254 e. The summed E-state index contributed by atoms with van der Waals surface area (Å²) in [5, 5.41) is 6.77. The van der Waals surface area contributed by atoms with Crippen LogP contribution in [0.1, 0.15) is 34.8 Å². The molecule has 0 bridgehead atoms. The molecule has 0 amide bonds. The first kappa shape index (κ1) is 20.7. The third-order valence-corrected chi connectivity index (χ3v) is 6.59. The molecule has 8 heteroatoms. The first-order chi connectivity index (χ1) is 14.5. The molecule has 4 rings (SSSR count). The highest BCUT2D eigenvalue weighted by Gasteiger charge is 2.20. The lowest BCUT2D eigenvalue weighted by atomic mass is 9.96. The van der Waals surface area contributed by atoms with E-state index in [0.29, 0.717) is 17.3 Å². The number of aryl methyl sites for hydroxylation is 2. The van der Waals surface area contributed by atoms with Gasteiger partial charge in [0, 0.05) is 41.5 Å². The predicted molar refractivity (Wildman–Crippen MR) is 121 cm³/mol. The molecule has 1 aliphatic heterocycles.